The number of rotatable bonds is 4. The van der Waals surface area contributed by atoms with E-state index in [0.717, 1.165) is 9.13 Å². The highest BCUT2D eigenvalue weighted by atomic mass is 16.3. The number of hydrogen-bond acceptors (Lipinski definition) is 6. The molecule has 25 heavy (non-hydrogen) atoms. The molecule has 1 heterocycles. The van der Waals surface area contributed by atoms with Crippen LogP contribution in [0.5, 0.6) is 11.6 Å². The predicted octanol–water partition coefficient (Wildman–Crippen LogP) is 0.0393. The van der Waals surface area contributed by atoms with Crippen molar-refractivity contribution in [3.63, 3.8) is 0 Å². The van der Waals surface area contributed by atoms with Crippen LogP contribution < -0.4 is 16.7 Å². The second kappa shape index (κ2) is 7.04. The zero-order valence-corrected chi connectivity index (χ0v) is 14.0. The lowest BCUT2D eigenvalue weighted by Gasteiger charge is -2.11. The highest BCUT2D eigenvalue weighted by Gasteiger charge is 2.19. The van der Waals surface area contributed by atoms with Crippen LogP contribution in [0.15, 0.2) is 39.0 Å². The monoisotopic (exact) mass is 346 g/mol. The van der Waals surface area contributed by atoms with Crippen LogP contribution in [0.25, 0.3) is 0 Å². The van der Waals surface area contributed by atoms with Gasteiger partial charge < -0.3 is 10.2 Å². The highest BCUT2D eigenvalue weighted by Crippen LogP contribution is 2.15. The fourth-order valence-electron chi connectivity index (χ4n) is 2.24. The van der Waals surface area contributed by atoms with Gasteiger partial charge in [-0.2, -0.15) is 5.10 Å². The number of carbonyl (C=O) groups excluding carboxylic acids is 1. The number of carbonyl (C=O) groups is 1. The average Bonchev–Trinajstić information content (AvgIpc) is 2.61. The molecule has 0 atom stereocenters. The summed E-state index contributed by atoms with van der Waals surface area (Å²) >= 11 is 0. The number of nitrogens with zero attached hydrogens (tertiary/aromatic N) is 3. The molecule has 0 unspecified atom stereocenters. The smallest absolute Gasteiger partial charge is 0.333 e. The van der Waals surface area contributed by atoms with Gasteiger partial charge in [0.05, 0.1) is 11.3 Å². The molecule has 2 aromatic rings. The van der Waals surface area contributed by atoms with E-state index in [0.29, 0.717) is 0 Å². The molecule has 3 N–H and O–H groups in total. The van der Waals surface area contributed by atoms with Gasteiger partial charge in [0, 0.05) is 14.1 Å². The average molecular weight is 346 g/mol. The summed E-state index contributed by atoms with van der Waals surface area (Å²) in [6.45, 7) is 1.68. The number of amides is 1. The van der Waals surface area contributed by atoms with Crippen molar-refractivity contribution >= 4 is 11.6 Å². The number of para-hydroxylation sites is 1. The van der Waals surface area contributed by atoms with Gasteiger partial charge in [-0.1, -0.05) is 19.1 Å². The Morgan fingerprint density at radius 2 is 1.80 bits per heavy atom. The number of hydrogen-bond donors (Lipinski definition) is 3. The molecule has 1 aromatic heterocycles. The summed E-state index contributed by atoms with van der Waals surface area (Å²) in [5, 5.41) is 23.7. The van der Waals surface area contributed by atoms with Gasteiger partial charge in [0.2, 0.25) is 5.88 Å². The van der Waals surface area contributed by atoms with E-state index in [-0.39, 0.29) is 29.0 Å². The van der Waals surface area contributed by atoms with E-state index in [2.05, 4.69) is 10.5 Å². The van der Waals surface area contributed by atoms with Crippen LogP contribution in [-0.2, 0) is 14.1 Å². The van der Waals surface area contributed by atoms with Gasteiger partial charge in [-0.3, -0.25) is 18.7 Å². The summed E-state index contributed by atoms with van der Waals surface area (Å²) in [5.41, 5.74) is 0.767. The highest BCUT2D eigenvalue weighted by molar-refractivity contribution is 6.03. The summed E-state index contributed by atoms with van der Waals surface area (Å²) in [4.78, 5) is 36.2. The minimum absolute atomic E-state index is 0.0132. The molecule has 132 valence electrons. The van der Waals surface area contributed by atoms with Gasteiger partial charge in [-0.15, -0.1) is 0 Å². The van der Waals surface area contributed by atoms with Crippen molar-refractivity contribution < 1.29 is 15.0 Å². The van der Waals surface area contributed by atoms with Crippen molar-refractivity contribution in [1.29, 1.82) is 0 Å². The fourth-order valence-corrected chi connectivity index (χ4v) is 2.24. The molecule has 0 spiro atoms. The first kappa shape index (κ1) is 18.0. The fraction of sp³-hybridized carbons (Fsp3) is 0.250. The lowest BCUT2D eigenvalue weighted by Crippen LogP contribution is -2.40. The van der Waals surface area contributed by atoms with E-state index in [1.165, 1.54) is 26.2 Å². The number of aromatic hydroxyl groups is 2. The van der Waals surface area contributed by atoms with Gasteiger partial charge in [0.15, 0.2) is 0 Å². The summed E-state index contributed by atoms with van der Waals surface area (Å²) in [7, 11) is 2.59. The van der Waals surface area contributed by atoms with Crippen molar-refractivity contribution in [2.24, 2.45) is 19.2 Å². The molecule has 0 bridgehead atoms. The Kier molecular flexibility index (Phi) is 5.06. The second-order valence-corrected chi connectivity index (χ2v) is 5.27. The molecular weight excluding hydrogens is 328 g/mol. The van der Waals surface area contributed by atoms with Crippen molar-refractivity contribution in [2.75, 3.05) is 0 Å². The number of nitrogens with one attached hydrogen (secondary N) is 1. The van der Waals surface area contributed by atoms with Gasteiger partial charge in [-0.25, -0.2) is 10.2 Å². The normalized spacial score (nSPS) is 11.4. The maximum atomic E-state index is 12.3. The second-order valence-electron chi connectivity index (χ2n) is 5.27. The zero-order chi connectivity index (χ0) is 18.7. The van der Waals surface area contributed by atoms with E-state index in [4.69, 9.17) is 0 Å². The van der Waals surface area contributed by atoms with Crippen LogP contribution in [0, 0.1) is 0 Å². The van der Waals surface area contributed by atoms with Crippen LogP contribution in [0.2, 0.25) is 0 Å². The summed E-state index contributed by atoms with van der Waals surface area (Å²) in [6.07, 6.45) is 0.210. The molecule has 1 aromatic carbocycles. The van der Waals surface area contributed by atoms with Crippen LogP contribution >= 0.6 is 0 Å². The SMILES string of the molecule is CCC(=NNC(=O)c1ccccc1O)c1c(O)n(C)c(=O)n(C)c1=O. The number of hydrazone groups is 1. The third kappa shape index (κ3) is 3.30. The lowest BCUT2D eigenvalue weighted by molar-refractivity contribution is 0.0952. The Balaban J connectivity index is 2.46. The van der Waals surface area contributed by atoms with Crippen LogP contribution in [0.4, 0.5) is 0 Å². The molecule has 0 aliphatic rings. The molecule has 9 nitrogen and oxygen atoms in total. The van der Waals surface area contributed by atoms with Gasteiger partial charge in [-0.05, 0) is 18.6 Å². The van der Waals surface area contributed by atoms with Gasteiger partial charge >= 0.3 is 5.69 Å². The summed E-state index contributed by atoms with van der Waals surface area (Å²) in [6, 6.07) is 5.91. The minimum Gasteiger partial charge on any atom is -0.507 e. The first-order valence-corrected chi connectivity index (χ1v) is 7.43. The van der Waals surface area contributed by atoms with Crippen molar-refractivity contribution in [2.45, 2.75) is 13.3 Å². The van der Waals surface area contributed by atoms with Crippen molar-refractivity contribution in [1.82, 2.24) is 14.6 Å². The molecule has 0 fully saturated rings. The van der Waals surface area contributed by atoms with Crippen molar-refractivity contribution in [3.8, 4) is 11.6 Å². The Labute approximate surface area is 142 Å². The third-order valence-corrected chi connectivity index (χ3v) is 3.70. The van der Waals surface area contributed by atoms with Gasteiger partial charge in [0.25, 0.3) is 11.5 Å². The maximum Gasteiger partial charge on any atom is 0.333 e. The Morgan fingerprint density at radius 3 is 2.40 bits per heavy atom. The van der Waals surface area contributed by atoms with Crippen LogP contribution in [-0.4, -0.2) is 31.0 Å². The number of aromatic nitrogens is 2. The van der Waals surface area contributed by atoms with E-state index < -0.39 is 23.0 Å². The quantitative estimate of drug-likeness (QED) is 0.532. The molecule has 1 amide bonds. The largest absolute Gasteiger partial charge is 0.507 e. The zero-order valence-electron chi connectivity index (χ0n) is 14.0. The Hall–Kier alpha value is -3.36. The standard InChI is InChI=1S/C16H18N4O5/c1-4-10(12-14(23)19(2)16(25)20(3)15(12)24)17-18-13(22)9-7-5-6-8-11(9)21/h5-8,21,23H,4H2,1-3H3,(H,18,22). The third-order valence-electron chi connectivity index (χ3n) is 3.70. The molecule has 0 saturated carbocycles. The van der Waals surface area contributed by atoms with E-state index in [1.807, 2.05) is 0 Å². The molecular formula is C16H18N4O5. The van der Waals surface area contributed by atoms with Gasteiger partial charge in [0.1, 0.15) is 11.3 Å². The number of phenolic OH excluding ortho intramolecular Hbond substituents is 1. The molecule has 0 aliphatic heterocycles. The maximum absolute atomic E-state index is 12.3. The lowest BCUT2D eigenvalue weighted by atomic mass is 10.1. The first-order chi connectivity index (χ1) is 11.8. The van der Waals surface area contributed by atoms with Crippen LogP contribution in [0.1, 0.15) is 29.3 Å². The minimum atomic E-state index is -0.724. The summed E-state index contributed by atoms with van der Waals surface area (Å²) < 4.78 is 1.75. The molecule has 0 saturated heterocycles. The topological polar surface area (TPSA) is 126 Å². The molecule has 0 aliphatic carbocycles. The predicted molar refractivity (Wildman–Crippen MR) is 91.0 cm³/mol. The molecule has 0 radical (unpaired) electrons. The Bertz CT molecular complexity index is 971. The molecule has 2 rings (SSSR count). The molecule has 9 heteroatoms. The van der Waals surface area contributed by atoms with Crippen LogP contribution in [0.3, 0.4) is 0 Å². The Morgan fingerprint density at radius 1 is 1.16 bits per heavy atom. The van der Waals surface area contributed by atoms with Crippen molar-refractivity contribution in [3.05, 3.63) is 56.2 Å². The first-order valence-electron chi connectivity index (χ1n) is 7.43. The number of phenols is 1. The van der Waals surface area contributed by atoms with E-state index in [9.17, 15) is 24.6 Å². The van der Waals surface area contributed by atoms with E-state index in [1.54, 1.807) is 19.1 Å². The number of benzene rings is 1. The summed E-state index contributed by atoms with van der Waals surface area (Å²) in [5.74, 6) is -1.43. The van der Waals surface area contributed by atoms with E-state index >= 15 is 0 Å².